The second-order valence-electron chi connectivity index (χ2n) is 4.53. The topological polar surface area (TPSA) is 86.8 Å². The molecule has 0 bridgehead atoms. The van der Waals surface area contributed by atoms with Crippen LogP contribution in [0.15, 0.2) is 24.3 Å². The molecule has 1 heterocycles. The molecule has 0 spiro atoms. The van der Waals surface area contributed by atoms with E-state index in [2.05, 4.69) is 0 Å². The Morgan fingerprint density at radius 1 is 1.28 bits per heavy atom. The minimum absolute atomic E-state index is 0.123. The van der Waals surface area contributed by atoms with Crippen LogP contribution in [0, 0.1) is 10.1 Å². The van der Waals surface area contributed by atoms with E-state index in [0.29, 0.717) is 31.6 Å². The molecule has 2 rings (SSSR count). The molecule has 18 heavy (non-hydrogen) atoms. The van der Waals surface area contributed by atoms with Gasteiger partial charge in [-0.25, -0.2) is 0 Å². The van der Waals surface area contributed by atoms with E-state index in [1.54, 1.807) is 18.2 Å². The molecule has 1 fully saturated rings. The number of nitro benzene ring substituents is 1. The summed E-state index contributed by atoms with van der Waals surface area (Å²) in [5.74, 6) is 0. The molecular formula is C12H16N2O4. The summed E-state index contributed by atoms with van der Waals surface area (Å²) in [5, 5.41) is 29.7. The number of aliphatic hydroxyl groups excluding tert-OH is 2. The summed E-state index contributed by atoms with van der Waals surface area (Å²) in [6.07, 6.45) is -0.886. The van der Waals surface area contributed by atoms with Gasteiger partial charge in [0, 0.05) is 31.3 Å². The van der Waals surface area contributed by atoms with Crippen molar-refractivity contribution >= 4 is 5.69 Å². The standard InChI is InChI=1S/C12H16N2O4/c15-11-7-13(8-12(11)16)6-5-9-3-1-2-4-10(9)14(17)18/h1-4,11-12,15-16H,5-8H2. The van der Waals surface area contributed by atoms with Gasteiger partial charge in [-0.05, 0) is 6.42 Å². The summed E-state index contributed by atoms with van der Waals surface area (Å²) in [5.41, 5.74) is 0.802. The molecule has 0 saturated carbocycles. The van der Waals surface area contributed by atoms with Crippen molar-refractivity contribution in [2.24, 2.45) is 0 Å². The Labute approximate surface area is 105 Å². The maximum atomic E-state index is 10.8. The molecular weight excluding hydrogens is 236 g/mol. The minimum atomic E-state index is -0.712. The van der Waals surface area contributed by atoms with Gasteiger partial charge in [0.1, 0.15) is 0 Å². The number of likely N-dealkylation sites (tertiary alicyclic amines) is 1. The molecule has 1 aromatic carbocycles. The lowest BCUT2D eigenvalue weighted by atomic mass is 10.1. The third kappa shape index (κ3) is 2.84. The number of hydrogen-bond donors (Lipinski definition) is 2. The quantitative estimate of drug-likeness (QED) is 0.589. The van der Waals surface area contributed by atoms with Crippen molar-refractivity contribution in [3.63, 3.8) is 0 Å². The van der Waals surface area contributed by atoms with Crippen molar-refractivity contribution in [2.75, 3.05) is 19.6 Å². The smallest absolute Gasteiger partial charge is 0.272 e. The number of β-amino-alcohol motifs (C(OH)–C–C–N with tert-alkyl or cyclic N) is 2. The van der Waals surface area contributed by atoms with Crippen molar-refractivity contribution in [1.29, 1.82) is 0 Å². The average Bonchev–Trinajstić information content (AvgIpc) is 2.66. The van der Waals surface area contributed by atoms with Crippen molar-refractivity contribution in [3.05, 3.63) is 39.9 Å². The Morgan fingerprint density at radius 2 is 1.89 bits per heavy atom. The summed E-state index contributed by atoms with van der Waals surface area (Å²) >= 11 is 0. The van der Waals surface area contributed by atoms with E-state index in [9.17, 15) is 20.3 Å². The zero-order valence-electron chi connectivity index (χ0n) is 9.90. The van der Waals surface area contributed by atoms with Gasteiger partial charge in [0.15, 0.2) is 0 Å². The van der Waals surface area contributed by atoms with Crippen LogP contribution in [0.3, 0.4) is 0 Å². The van der Waals surface area contributed by atoms with E-state index >= 15 is 0 Å². The highest BCUT2D eigenvalue weighted by atomic mass is 16.6. The second kappa shape index (κ2) is 5.43. The molecule has 2 N–H and O–H groups in total. The Balaban J connectivity index is 1.97. The fourth-order valence-electron chi connectivity index (χ4n) is 2.21. The number of hydrogen-bond acceptors (Lipinski definition) is 5. The fourth-order valence-corrected chi connectivity index (χ4v) is 2.21. The zero-order chi connectivity index (χ0) is 13.1. The number of para-hydroxylation sites is 1. The highest BCUT2D eigenvalue weighted by Crippen LogP contribution is 2.19. The lowest BCUT2D eigenvalue weighted by Gasteiger charge is -2.14. The van der Waals surface area contributed by atoms with Gasteiger partial charge in [-0.3, -0.25) is 15.0 Å². The molecule has 0 aromatic heterocycles. The van der Waals surface area contributed by atoms with Crippen molar-refractivity contribution < 1.29 is 15.1 Å². The first kappa shape index (κ1) is 12.9. The molecule has 1 saturated heterocycles. The summed E-state index contributed by atoms with van der Waals surface area (Å²) in [4.78, 5) is 12.4. The van der Waals surface area contributed by atoms with E-state index in [-0.39, 0.29) is 10.6 Å². The van der Waals surface area contributed by atoms with Gasteiger partial charge in [0.2, 0.25) is 0 Å². The Hall–Kier alpha value is -1.50. The van der Waals surface area contributed by atoms with Crippen LogP contribution in [0.4, 0.5) is 5.69 Å². The maximum Gasteiger partial charge on any atom is 0.272 e. The maximum absolute atomic E-state index is 10.8. The van der Waals surface area contributed by atoms with Crippen LogP contribution < -0.4 is 0 Å². The molecule has 0 aliphatic carbocycles. The van der Waals surface area contributed by atoms with E-state index in [0.717, 1.165) is 0 Å². The summed E-state index contributed by atoms with van der Waals surface area (Å²) in [6.45, 7) is 1.43. The second-order valence-corrected chi connectivity index (χ2v) is 4.53. The molecule has 1 aliphatic rings. The van der Waals surface area contributed by atoms with Crippen LogP contribution in [0.2, 0.25) is 0 Å². The van der Waals surface area contributed by atoms with Crippen LogP contribution >= 0.6 is 0 Å². The Morgan fingerprint density at radius 3 is 2.50 bits per heavy atom. The number of nitro groups is 1. The summed E-state index contributed by atoms with van der Waals surface area (Å²) < 4.78 is 0. The van der Waals surface area contributed by atoms with Gasteiger partial charge in [-0.1, -0.05) is 18.2 Å². The molecule has 6 nitrogen and oxygen atoms in total. The SMILES string of the molecule is O=[N+]([O-])c1ccccc1CCN1CC(O)C(O)C1. The Bertz CT molecular complexity index is 428. The normalized spacial score (nSPS) is 24.3. The van der Waals surface area contributed by atoms with E-state index < -0.39 is 12.2 Å². The number of rotatable bonds is 4. The third-order valence-corrected chi connectivity index (χ3v) is 3.22. The highest BCUT2D eigenvalue weighted by molar-refractivity contribution is 5.39. The summed E-state index contributed by atoms with van der Waals surface area (Å²) in [6, 6.07) is 6.64. The summed E-state index contributed by atoms with van der Waals surface area (Å²) in [7, 11) is 0. The van der Waals surface area contributed by atoms with Gasteiger partial charge >= 0.3 is 0 Å². The van der Waals surface area contributed by atoms with Crippen LogP contribution in [0.5, 0.6) is 0 Å². The Kier molecular flexibility index (Phi) is 3.90. The van der Waals surface area contributed by atoms with Crippen LogP contribution in [0.1, 0.15) is 5.56 Å². The zero-order valence-corrected chi connectivity index (χ0v) is 9.90. The van der Waals surface area contributed by atoms with Gasteiger partial charge in [-0.2, -0.15) is 0 Å². The largest absolute Gasteiger partial charge is 0.389 e. The molecule has 6 heteroatoms. The van der Waals surface area contributed by atoms with E-state index in [4.69, 9.17) is 0 Å². The molecule has 1 aliphatic heterocycles. The van der Waals surface area contributed by atoms with E-state index in [1.165, 1.54) is 6.07 Å². The first-order valence-electron chi connectivity index (χ1n) is 5.88. The van der Waals surface area contributed by atoms with Crippen molar-refractivity contribution in [3.8, 4) is 0 Å². The molecule has 2 unspecified atom stereocenters. The predicted octanol–water partition coefficient (Wildman–Crippen LogP) is 0.175. The lowest BCUT2D eigenvalue weighted by molar-refractivity contribution is -0.385. The van der Waals surface area contributed by atoms with Crippen molar-refractivity contribution in [1.82, 2.24) is 4.90 Å². The van der Waals surface area contributed by atoms with Crippen LogP contribution in [0.25, 0.3) is 0 Å². The first-order valence-corrected chi connectivity index (χ1v) is 5.88. The number of benzene rings is 1. The van der Waals surface area contributed by atoms with Gasteiger partial charge < -0.3 is 10.2 Å². The van der Waals surface area contributed by atoms with Crippen LogP contribution in [-0.2, 0) is 6.42 Å². The molecule has 0 amide bonds. The predicted molar refractivity (Wildman–Crippen MR) is 65.3 cm³/mol. The van der Waals surface area contributed by atoms with Gasteiger partial charge in [0.05, 0.1) is 17.1 Å². The van der Waals surface area contributed by atoms with Crippen molar-refractivity contribution in [2.45, 2.75) is 18.6 Å². The molecule has 2 atom stereocenters. The first-order chi connectivity index (χ1) is 8.58. The fraction of sp³-hybridized carbons (Fsp3) is 0.500. The number of nitrogens with zero attached hydrogens (tertiary/aromatic N) is 2. The highest BCUT2D eigenvalue weighted by Gasteiger charge is 2.29. The minimum Gasteiger partial charge on any atom is -0.389 e. The number of aliphatic hydroxyl groups is 2. The van der Waals surface area contributed by atoms with Gasteiger partial charge in [0.25, 0.3) is 5.69 Å². The van der Waals surface area contributed by atoms with E-state index in [1.807, 2.05) is 4.90 Å². The monoisotopic (exact) mass is 252 g/mol. The lowest BCUT2D eigenvalue weighted by Crippen LogP contribution is -2.24. The van der Waals surface area contributed by atoms with Gasteiger partial charge in [-0.15, -0.1) is 0 Å². The third-order valence-electron chi connectivity index (χ3n) is 3.22. The molecule has 1 aromatic rings. The molecule has 0 radical (unpaired) electrons. The average molecular weight is 252 g/mol. The molecule has 98 valence electrons. The van der Waals surface area contributed by atoms with Crippen LogP contribution in [-0.4, -0.2) is 51.9 Å².